The maximum absolute atomic E-state index is 12.3. The molecule has 0 fully saturated rings. The summed E-state index contributed by atoms with van der Waals surface area (Å²) in [6, 6.07) is 15.4. The number of nitrogens with zero attached hydrogens (tertiary/aromatic N) is 3. The fourth-order valence-electron chi connectivity index (χ4n) is 3.26. The Balaban J connectivity index is 2.39. The van der Waals surface area contributed by atoms with Gasteiger partial charge in [0.2, 0.25) is 0 Å². The summed E-state index contributed by atoms with van der Waals surface area (Å²) in [5, 5.41) is 3.80. The standard InChI is InChI=1S/C26H39N3O7SSi/c1-26(2,3)38(6,7)35-19-24(36-37(5,30)31)25(34-17-20-11-9-8-10-12-20)23(28-29-27)18-33-22-15-13-21(32-4)14-16-22/h8-16,23-25H,17-19H2,1-7H3/t23-,24-,25-/m0/s1. The van der Waals surface area contributed by atoms with Gasteiger partial charge in [0.1, 0.15) is 23.6 Å². The number of ether oxygens (including phenoxy) is 3. The second kappa shape index (κ2) is 14.0. The third-order valence-electron chi connectivity index (χ3n) is 6.42. The van der Waals surface area contributed by atoms with E-state index in [1.165, 1.54) is 0 Å². The fourth-order valence-corrected chi connectivity index (χ4v) is 4.88. The number of hydrogen-bond donors (Lipinski definition) is 0. The summed E-state index contributed by atoms with van der Waals surface area (Å²) in [5.41, 5.74) is 10.2. The first kappa shape index (κ1) is 31.6. The van der Waals surface area contributed by atoms with E-state index in [-0.39, 0.29) is 24.9 Å². The van der Waals surface area contributed by atoms with Gasteiger partial charge in [0, 0.05) is 4.91 Å². The molecule has 2 aromatic carbocycles. The Kier molecular flexibility index (Phi) is 11.6. The molecular formula is C26H39N3O7SSi. The van der Waals surface area contributed by atoms with Crippen LogP contribution in [-0.4, -0.2) is 61.6 Å². The fraction of sp³-hybridized carbons (Fsp3) is 0.538. The zero-order valence-electron chi connectivity index (χ0n) is 23.2. The van der Waals surface area contributed by atoms with Crippen LogP contribution >= 0.6 is 0 Å². The lowest BCUT2D eigenvalue weighted by molar-refractivity contribution is -0.0663. The van der Waals surface area contributed by atoms with E-state index >= 15 is 0 Å². The predicted molar refractivity (Wildman–Crippen MR) is 149 cm³/mol. The molecule has 0 aliphatic heterocycles. The summed E-state index contributed by atoms with van der Waals surface area (Å²) in [4.78, 5) is 2.99. The van der Waals surface area contributed by atoms with Gasteiger partial charge in [-0.2, -0.15) is 8.42 Å². The quantitative estimate of drug-likeness (QED) is 0.0890. The van der Waals surface area contributed by atoms with Gasteiger partial charge in [0.05, 0.1) is 39.3 Å². The molecule has 0 heterocycles. The number of hydrogen-bond acceptors (Lipinski definition) is 8. The lowest BCUT2D eigenvalue weighted by atomic mass is 10.1. The van der Waals surface area contributed by atoms with E-state index in [9.17, 15) is 13.9 Å². The van der Waals surface area contributed by atoms with Crippen molar-refractivity contribution < 1.29 is 31.2 Å². The van der Waals surface area contributed by atoms with E-state index in [1.807, 2.05) is 30.3 Å². The molecule has 0 saturated carbocycles. The van der Waals surface area contributed by atoms with Gasteiger partial charge < -0.3 is 18.6 Å². The maximum Gasteiger partial charge on any atom is 0.264 e. The topological polar surface area (TPSA) is 129 Å². The minimum atomic E-state index is -3.91. The Labute approximate surface area is 227 Å². The van der Waals surface area contributed by atoms with Gasteiger partial charge in [0.15, 0.2) is 8.32 Å². The summed E-state index contributed by atoms with van der Waals surface area (Å²) in [6.45, 7) is 10.4. The molecule has 12 heteroatoms. The summed E-state index contributed by atoms with van der Waals surface area (Å²) < 4.78 is 53.7. The van der Waals surface area contributed by atoms with Gasteiger partial charge in [-0.25, -0.2) is 0 Å². The largest absolute Gasteiger partial charge is 0.497 e. The van der Waals surface area contributed by atoms with Crippen molar-refractivity contribution in [2.24, 2.45) is 5.11 Å². The van der Waals surface area contributed by atoms with Gasteiger partial charge in [0.25, 0.3) is 10.1 Å². The van der Waals surface area contributed by atoms with Crippen LogP contribution in [0.15, 0.2) is 59.7 Å². The molecule has 0 spiro atoms. The lowest BCUT2D eigenvalue weighted by Gasteiger charge is -2.38. The van der Waals surface area contributed by atoms with Crippen LogP contribution in [0.1, 0.15) is 26.3 Å². The predicted octanol–water partition coefficient (Wildman–Crippen LogP) is 5.70. The molecule has 0 radical (unpaired) electrons. The summed E-state index contributed by atoms with van der Waals surface area (Å²) in [7, 11) is -4.63. The maximum atomic E-state index is 12.3. The highest BCUT2D eigenvalue weighted by Crippen LogP contribution is 2.37. The monoisotopic (exact) mass is 565 g/mol. The van der Waals surface area contributed by atoms with Crippen LogP contribution in [-0.2, 0) is 30.1 Å². The third kappa shape index (κ3) is 10.3. The molecule has 0 N–H and O–H groups in total. The van der Waals surface area contributed by atoms with E-state index in [4.69, 9.17) is 22.8 Å². The Morgan fingerprint density at radius 2 is 1.61 bits per heavy atom. The molecule has 3 atom stereocenters. The Morgan fingerprint density at radius 1 is 1.00 bits per heavy atom. The van der Waals surface area contributed by atoms with Crippen LogP contribution in [0, 0.1) is 0 Å². The molecule has 2 aromatic rings. The minimum Gasteiger partial charge on any atom is -0.497 e. The molecule has 10 nitrogen and oxygen atoms in total. The van der Waals surface area contributed by atoms with E-state index in [2.05, 4.69) is 43.9 Å². The van der Waals surface area contributed by atoms with Crippen molar-refractivity contribution in [1.82, 2.24) is 0 Å². The molecule has 2 rings (SSSR count). The van der Waals surface area contributed by atoms with E-state index < -0.39 is 36.7 Å². The highest BCUT2D eigenvalue weighted by Gasteiger charge is 2.41. The van der Waals surface area contributed by atoms with E-state index in [0.717, 1.165) is 11.8 Å². The summed E-state index contributed by atoms with van der Waals surface area (Å²) in [5.74, 6) is 1.18. The molecular weight excluding hydrogens is 526 g/mol. The van der Waals surface area contributed by atoms with Crippen molar-refractivity contribution in [3.63, 3.8) is 0 Å². The Hall–Kier alpha value is -2.60. The van der Waals surface area contributed by atoms with Crippen molar-refractivity contribution in [3.8, 4) is 11.5 Å². The molecule has 0 aromatic heterocycles. The van der Waals surface area contributed by atoms with Crippen molar-refractivity contribution in [2.45, 2.75) is 63.8 Å². The van der Waals surface area contributed by atoms with Crippen LogP contribution < -0.4 is 9.47 Å². The highest BCUT2D eigenvalue weighted by molar-refractivity contribution is 7.86. The molecule has 0 saturated heterocycles. The number of rotatable bonds is 15. The Bertz CT molecular complexity index is 1150. The molecule has 0 bridgehead atoms. The van der Waals surface area contributed by atoms with Crippen molar-refractivity contribution in [2.75, 3.05) is 26.6 Å². The van der Waals surface area contributed by atoms with Crippen LogP contribution in [0.25, 0.3) is 10.4 Å². The third-order valence-corrected chi connectivity index (χ3v) is 11.5. The van der Waals surface area contributed by atoms with Gasteiger partial charge in [-0.05, 0) is 53.5 Å². The average molecular weight is 566 g/mol. The molecule has 0 amide bonds. The first-order valence-electron chi connectivity index (χ1n) is 12.2. The van der Waals surface area contributed by atoms with Crippen LogP contribution in [0.5, 0.6) is 11.5 Å². The average Bonchev–Trinajstić information content (AvgIpc) is 2.85. The molecule has 210 valence electrons. The zero-order chi connectivity index (χ0) is 28.4. The van der Waals surface area contributed by atoms with Crippen molar-refractivity contribution in [3.05, 3.63) is 70.6 Å². The normalized spacial score (nSPS) is 14.7. The number of methoxy groups -OCH3 is 1. The highest BCUT2D eigenvalue weighted by atomic mass is 32.2. The second-order valence-electron chi connectivity index (χ2n) is 10.4. The van der Waals surface area contributed by atoms with Gasteiger partial charge in [-0.15, -0.1) is 0 Å². The zero-order valence-corrected chi connectivity index (χ0v) is 25.0. The molecule has 0 unspecified atom stereocenters. The summed E-state index contributed by atoms with van der Waals surface area (Å²) >= 11 is 0. The van der Waals surface area contributed by atoms with Crippen molar-refractivity contribution in [1.29, 1.82) is 0 Å². The van der Waals surface area contributed by atoms with Gasteiger partial charge in [-0.3, -0.25) is 4.18 Å². The number of benzene rings is 2. The van der Waals surface area contributed by atoms with Crippen LogP contribution in [0.4, 0.5) is 0 Å². The Morgan fingerprint density at radius 3 is 2.13 bits per heavy atom. The van der Waals surface area contributed by atoms with E-state index in [1.54, 1.807) is 31.4 Å². The van der Waals surface area contributed by atoms with Crippen molar-refractivity contribution >= 4 is 18.4 Å². The first-order chi connectivity index (χ1) is 17.8. The smallest absolute Gasteiger partial charge is 0.264 e. The molecule has 0 aliphatic carbocycles. The van der Waals surface area contributed by atoms with Crippen LogP contribution in [0.3, 0.4) is 0 Å². The van der Waals surface area contributed by atoms with Gasteiger partial charge in [-0.1, -0.05) is 56.2 Å². The molecule has 0 aliphatic rings. The van der Waals surface area contributed by atoms with Crippen LogP contribution in [0.2, 0.25) is 18.1 Å². The lowest BCUT2D eigenvalue weighted by Crippen LogP contribution is -2.49. The number of azide groups is 1. The minimum absolute atomic E-state index is 0.0665. The summed E-state index contributed by atoms with van der Waals surface area (Å²) in [6.07, 6.45) is -1.11. The molecule has 38 heavy (non-hydrogen) atoms. The van der Waals surface area contributed by atoms with Gasteiger partial charge >= 0.3 is 0 Å². The first-order valence-corrected chi connectivity index (χ1v) is 17.0. The second-order valence-corrected chi connectivity index (χ2v) is 16.8. The van der Waals surface area contributed by atoms with E-state index in [0.29, 0.717) is 11.5 Å². The SMILES string of the molecule is COc1ccc(OC[C@H](N=[N+]=[N-])[C@H](OCc2ccccc2)[C@H](CO[Si](C)(C)C(C)(C)C)OS(C)(=O)=O)cc1.